The van der Waals surface area contributed by atoms with Crippen molar-refractivity contribution in [3.05, 3.63) is 23.1 Å². The van der Waals surface area contributed by atoms with E-state index < -0.39 is 7.12 Å². The molecule has 0 saturated carbocycles. The maximum Gasteiger partial charge on any atom is 0.488 e. The molecule has 0 amide bonds. The molecule has 0 atom stereocenters. The van der Waals surface area contributed by atoms with Crippen molar-refractivity contribution in [1.29, 1.82) is 0 Å². The first-order valence-electron chi connectivity index (χ1n) is 4.23. The fraction of sp³-hybridized carbons (Fsp3) is 0.111. The van der Waals surface area contributed by atoms with E-state index in [0.29, 0.717) is 5.46 Å². The first kappa shape index (κ1) is 9.52. The lowest BCUT2D eigenvalue weighted by Gasteiger charge is -2.03. The lowest BCUT2D eigenvalue weighted by atomic mass is 9.79. The van der Waals surface area contributed by atoms with E-state index in [1.807, 2.05) is 12.3 Å². The van der Waals surface area contributed by atoms with E-state index in [9.17, 15) is 0 Å². The van der Waals surface area contributed by atoms with Crippen molar-refractivity contribution in [2.75, 3.05) is 5.73 Å². The molecule has 0 fully saturated rings. The van der Waals surface area contributed by atoms with E-state index in [-0.39, 0.29) is 0 Å². The molecular weight excluding hydrogens is 197 g/mol. The Morgan fingerprint density at radius 1 is 1.36 bits per heavy atom. The van der Waals surface area contributed by atoms with E-state index in [2.05, 4.69) is 0 Å². The highest BCUT2D eigenvalue weighted by atomic mass is 32.1. The molecule has 0 aliphatic carbocycles. The van der Waals surface area contributed by atoms with Gasteiger partial charge in [0.1, 0.15) is 0 Å². The zero-order valence-corrected chi connectivity index (χ0v) is 8.51. The smallest absolute Gasteiger partial charge is 0.423 e. The van der Waals surface area contributed by atoms with Gasteiger partial charge in [0.15, 0.2) is 0 Å². The third-order valence-corrected chi connectivity index (χ3v) is 3.17. The lowest BCUT2D eigenvalue weighted by molar-refractivity contribution is 0.426. The van der Waals surface area contributed by atoms with E-state index in [4.69, 9.17) is 15.8 Å². The average molecular weight is 207 g/mol. The van der Waals surface area contributed by atoms with Crippen molar-refractivity contribution in [2.24, 2.45) is 0 Å². The number of hydrogen-bond acceptors (Lipinski definition) is 4. The third kappa shape index (κ3) is 1.39. The van der Waals surface area contributed by atoms with Crippen LogP contribution in [0, 0.1) is 6.92 Å². The van der Waals surface area contributed by atoms with Gasteiger partial charge in [0.2, 0.25) is 0 Å². The van der Waals surface area contributed by atoms with Crippen molar-refractivity contribution < 1.29 is 10.0 Å². The second-order valence-electron chi connectivity index (χ2n) is 3.28. The number of anilines is 1. The van der Waals surface area contributed by atoms with Crippen LogP contribution in [0.2, 0.25) is 0 Å². The van der Waals surface area contributed by atoms with Gasteiger partial charge in [-0.3, -0.25) is 0 Å². The molecule has 1 heterocycles. The number of fused-ring (bicyclic) bond motifs is 1. The summed E-state index contributed by atoms with van der Waals surface area (Å²) in [5.74, 6) is 0. The van der Waals surface area contributed by atoms with Gasteiger partial charge < -0.3 is 15.8 Å². The van der Waals surface area contributed by atoms with Crippen LogP contribution in [0.25, 0.3) is 10.1 Å². The standard InChI is InChI=1S/C9H10BNO2S/c1-5-2-6(10(12)13)3-8-9(5)7(11)4-14-8/h2-4,12-13H,11H2,1H3. The summed E-state index contributed by atoms with van der Waals surface area (Å²) in [4.78, 5) is 0. The number of aryl methyl sites for hydroxylation is 1. The predicted molar refractivity (Wildman–Crippen MR) is 60.8 cm³/mol. The quantitative estimate of drug-likeness (QED) is 0.595. The number of nitrogens with two attached hydrogens (primary N) is 1. The second-order valence-corrected chi connectivity index (χ2v) is 4.19. The number of rotatable bonds is 1. The van der Waals surface area contributed by atoms with Crippen LogP contribution in [0.1, 0.15) is 5.56 Å². The van der Waals surface area contributed by atoms with Crippen molar-refractivity contribution in [2.45, 2.75) is 6.92 Å². The zero-order valence-electron chi connectivity index (χ0n) is 7.69. The molecule has 14 heavy (non-hydrogen) atoms. The minimum absolute atomic E-state index is 0.511. The van der Waals surface area contributed by atoms with Crippen LogP contribution in [0.3, 0.4) is 0 Å². The second kappa shape index (κ2) is 3.27. The van der Waals surface area contributed by atoms with Crippen LogP contribution < -0.4 is 11.2 Å². The lowest BCUT2D eigenvalue weighted by Crippen LogP contribution is -2.29. The van der Waals surface area contributed by atoms with Crippen molar-refractivity contribution in [3.63, 3.8) is 0 Å². The first-order valence-corrected chi connectivity index (χ1v) is 5.11. The van der Waals surface area contributed by atoms with Crippen LogP contribution in [-0.4, -0.2) is 17.2 Å². The van der Waals surface area contributed by atoms with Crippen molar-refractivity contribution in [3.8, 4) is 0 Å². The Labute approximate surface area is 85.9 Å². The Balaban J connectivity index is 2.74. The van der Waals surface area contributed by atoms with Crippen LogP contribution in [0.4, 0.5) is 5.69 Å². The monoisotopic (exact) mass is 207 g/mol. The average Bonchev–Trinajstić information content (AvgIpc) is 2.48. The molecule has 2 rings (SSSR count). The largest absolute Gasteiger partial charge is 0.488 e. The molecule has 2 aromatic rings. The van der Waals surface area contributed by atoms with Gasteiger partial charge in [-0.2, -0.15) is 0 Å². The number of hydrogen-bond donors (Lipinski definition) is 3. The molecule has 0 aliphatic rings. The molecule has 5 heteroatoms. The molecule has 72 valence electrons. The molecule has 0 unspecified atom stereocenters. The summed E-state index contributed by atoms with van der Waals surface area (Å²) in [7, 11) is -1.42. The highest BCUT2D eigenvalue weighted by molar-refractivity contribution is 7.18. The van der Waals surface area contributed by atoms with Gasteiger partial charge in [-0.15, -0.1) is 11.3 Å². The Morgan fingerprint density at radius 3 is 2.71 bits per heavy atom. The van der Waals surface area contributed by atoms with Crippen LogP contribution in [0.15, 0.2) is 17.5 Å². The summed E-state index contributed by atoms with van der Waals surface area (Å²) in [6.45, 7) is 1.91. The Morgan fingerprint density at radius 2 is 2.07 bits per heavy atom. The van der Waals surface area contributed by atoms with Crippen molar-refractivity contribution >= 4 is 39.7 Å². The minimum Gasteiger partial charge on any atom is -0.423 e. The zero-order chi connectivity index (χ0) is 10.3. The molecule has 0 spiro atoms. The van der Waals surface area contributed by atoms with Crippen LogP contribution >= 0.6 is 11.3 Å². The SMILES string of the molecule is Cc1cc(B(O)O)cc2scc(N)c12. The minimum atomic E-state index is -1.42. The van der Waals surface area contributed by atoms with Gasteiger partial charge in [0.25, 0.3) is 0 Å². The molecule has 1 aromatic carbocycles. The van der Waals surface area contributed by atoms with E-state index in [1.165, 1.54) is 11.3 Å². The van der Waals surface area contributed by atoms with E-state index >= 15 is 0 Å². The Bertz CT molecular complexity index is 481. The van der Waals surface area contributed by atoms with Crippen molar-refractivity contribution in [1.82, 2.24) is 0 Å². The van der Waals surface area contributed by atoms with E-state index in [0.717, 1.165) is 21.3 Å². The summed E-state index contributed by atoms with van der Waals surface area (Å²) in [6, 6.07) is 3.50. The number of thiophene rings is 1. The molecule has 0 radical (unpaired) electrons. The molecule has 0 bridgehead atoms. The van der Waals surface area contributed by atoms with Gasteiger partial charge in [-0.1, -0.05) is 6.07 Å². The molecule has 4 N–H and O–H groups in total. The highest BCUT2D eigenvalue weighted by Crippen LogP contribution is 2.29. The van der Waals surface area contributed by atoms with Gasteiger partial charge >= 0.3 is 7.12 Å². The maximum atomic E-state index is 9.04. The summed E-state index contributed by atoms with van der Waals surface area (Å²) in [6.07, 6.45) is 0. The predicted octanol–water partition coefficient (Wildman–Crippen LogP) is 0.472. The first-order chi connectivity index (χ1) is 6.59. The Hall–Kier alpha value is -1.04. The topological polar surface area (TPSA) is 66.5 Å². The highest BCUT2D eigenvalue weighted by Gasteiger charge is 2.14. The van der Waals surface area contributed by atoms with Gasteiger partial charge in [-0.05, 0) is 24.0 Å². The number of benzene rings is 1. The summed E-state index contributed by atoms with van der Waals surface area (Å²) < 4.78 is 0.991. The van der Waals surface area contributed by atoms with Crippen LogP contribution in [0.5, 0.6) is 0 Å². The molecule has 1 aromatic heterocycles. The molecule has 3 nitrogen and oxygen atoms in total. The van der Waals surface area contributed by atoms with Gasteiger partial charge in [-0.25, -0.2) is 0 Å². The van der Waals surface area contributed by atoms with Gasteiger partial charge in [0.05, 0.1) is 5.69 Å². The third-order valence-electron chi connectivity index (χ3n) is 2.22. The van der Waals surface area contributed by atoms with Crippen LogP contribution in [-0.2, 0) is 0 Å². The summed E-state index contributed by atoms with van der Waals surface area (Å²) in [5, 5.41) is 21.0. The Kier molecular flexibility index (Phi) is 2.22. The summed E-state index contributed by atoms with van der Waals surface area (Å²) in [5.41, 5.74) is 8.03. The number of nitrogen functional groups attached to an aromatic ring is 1. The maximum absolute atomic E-state index is 9.04. The molecular formula is C9H10BNO2S. The van der Waals surface area contributed by atoms with Gasteiger partial charge in [0, 0.05) is 15.5 Å². The molecule has 0 saturated heterocycles. The normalized spacial score (nSPS) is 10.8. The molecule has 0 aliphatic heterocycles. The van der Waals surface area contributed by atoms with E-state index in [1.54, 1.807) is 12.1 Å². The summed E-state index contributed by atoms with van der Waals surface area (Å²) >= 11 is 1.51. The fourth-order valence-corrected chi connectivity index (χ4v) is 2.55. The fourth-order valence-electron chi connectivity index (χ4n) is 1.58.